The Morgan fingerprint density at radius 1 is 1.13 bits per heavy atom. The molecule has 7 nitrogen and oxygen atoms in total. The van der Waals surface area contributed by atoms with Crippen LogP contribution in [0.15, 0.2) is 70.1 Å². The molecule has 0 spiro atoms. The summed E-state index contributed by atoms with van der Waals surface area (Å²) in [7, 11) is 0. The first-order chi connectivity index (χ1) is 14.4. The first kappa shape index (κ1) is 19.3. The van der Waals surface area contributed by atoms with Crippen LogP contribution in [-0.4, -0.2) is 21.0 Å². The van der Waals surface area contributed by atoms with Crippen molar-refractivity contribution in [3.05, 3.63) is 88.1 Å². The van der Waals surface area contributed by atoms with E-state index < -0.39 is 12.0 Å². The van der Waals surface area contributed by atoms with Crippen LogP contribution >= 0.6 is 0 Å². The Morgan fingerprint density at radius 2 is 1.87 bits per heavy atom. The second-order valence-corrected chi connectivity index (χ2v) is 6.95. The lowest BCUT2D eigenvalue weighted by atomic mass is 10.1. The standard InChI is InChI=1S/C23H19N3O4/c1-13-11-17-19(27)12-20(15-7-9-24-10-8-15)30-22(17)21(25-13)14(2)26-18-6-4-3-5-16(18)23(28)29/h3-12,14,26H,1-2H3,(H,28,29). The van der Waals surface area contributed by atoms with Crippen molar-refractivity contribution >= 4 is 22.6 Å². The molecular weight excluding hydrogens is 382 g/mol. The number of aryl methyl sites for hydroxylation is 1. The number of fused-ring (bicyclic) bond motifs is 1. The number of carboxylic acid groups (broad SMARTS) is 1. The quantitative estimate of drug-likeness (QED) is 0.510. The van der Waals surface area contributed by atoms with Gasteiger partial charge in [-0.3, -0.25) is 14.8 Å². The summed E-state index contributed by atoms with van der Waals surface area (Å²) in [6.45, 7) is 3.65. The minimum Gasteiger partial charge on any atom is -0.478 e. The molecule has 4 rings (SSSR count). The summed E-state index contributed by atoms with van der Waals surface area (Å²) < 4.78 is 6.10. The summed E-state index contributed by atoms with van der Waals surface area (Å²) in [6.07, 6.45) is 3.25. The zero-order valence-electron chi connectivity index (χ0n) is 16.4. The van der Waals surface area contributed by atoms with Crippen molar-refractivity contribution in [2.75, 3.05) is 5.32 Å². The predicted molar refractivity (Wildman–Crippen MR) is 114 cm³/mol. The van der Waals surface area contributed by atoms with Crippen molar-refractivity contribution in [2.24, 2.45) is 0 Å². The van der Waals surface area contributed by atoms with Crippen molar-refractivity contribution in [3.8, 4) is 11.3 Å². The molecule has 0 radical (unpaired) electrons. The number of para-hydroxylation sites is 1. The lowest BCUT2D eigenvalue weighted by Gasteiger charge is -2.18. The van der Waals surface area contributed by atoms with Crippen LogP contribution in [0.5, 0.6) is 0 Å². The molecule has 0 aliphatic rings. The molecule has 2 N–H and O–H groups in total. The van der Waals surface area contributed by atoms with Gasteiger partial charge in [-0.05, 0) is 44.2 Å². The molecule has 0 fully saturated rings. The average molecular weight is 401 g/mol. The lowest BCUT2D eigenvalue weighted by Crippen LogP contribution is -2.14. The fourth-order valence-corrected chi connectivity index (χ4v) is 3.36. The molecule has 1 atom stereocenters. The van der Waals surface area contributed by atoms with Gasteiger partial charge in [0.05, 0.1) is 17.0 Å². The topological polar surface area (TPSA) is 105 Å². The van der Waals surface area contributed by atoms with Gasteiger partial charge in [-0.1, -0.05) is 12.1 Å². The number of pyridine rings is 2. The largest absolute Gasteiger partial charge is 0.478 e. The van der Waals surface area contributed by atoms with Crippen LogP contribution in [0.25, 0.3) is 22.3 Å². The highest BCUT2D eigenvalue weighted by Crippen LogP contribution is 2.29. The normalized spacial score (nSPS) is 11.9. The van der Waals surface area contributed by atoms with Crippen molar-refractivity contribution < 1.29 is 14.3 Å². The Bertz CT molecular complexity index is 1300. The number of benzene rings is 1. The molecule has 150 valence electrons. The van der Waals surface area contributed by atoms with Gasteiger partial charge in [0.1, 0.15) is 11.5 Å². The highest BCUT2D eigenvalue weighted by Gasteiger charge is 2.19. The molecule has 0 bridgehead atoms. The fraction of sp³-hybridized carbons (Fsp3) is 0.130. The van der Waals surface area contributed by atoms with Crippen molar-refractivity contribution in [1.29, 1.82) is 0 Å². The number of carbonyl (C=O) groups is 1. The van der Waals surface area contributed by atoms with Crippen molar-refractivity contribution in [3.63, 3.8) is 0 Å². The molecule has 0 aliphatic carbocycles. The first-order valence-corrected chi connectivity index (χ1v) is 9.38. The molecule has 0 amide bonds. The molecule has 4 aromatic rings. The summed E-state index contributed by atoms with van der Waals surface area (Å²) in [5, 5.41) is 13.1. The number of aromatic nitrogens is 2. The summed E-state index contributed by atoms with van der Waals surface area (Å²) in [5.74, 6) is -0.612. The highest BCUT2D eigenvalue weighted by molar-refractivity contribution is 5.94. The second kappa shape index (κ2) is 7.79. The van der Waals surface area contributed by atoms with E-state index >= 15 is 0 Å². The van der Waals surface area contributed by atoms with Crippen LogP contribution in [0.2, 0.25) is 0 Å². The van der Waals surface area contributed by atoms with Gasteiger partial charge in [0.2, 0.25) is 0 Å². The SMILES string of the molecule is Cc1cc2c(=O)cc(-c3ccncc3)oc2c(C(C)Nc2ccccc2C(=O)O)n1. The summed E-state index contributed by atoms with van der Waals surface area (Å²) >= 11 is 0. The van der Waals surface area contributed by atoms with Crippen LogP contribution in [0, 0.1) is 6.92 Å². The predicted octanol–water partition coefficient (Wildman–Crippen LogP) is 4.43. The monoisotopic (exact) mass is 401 g/mol. The van der Waals surface area contributed by atoms with Crippen LogP contribution < -0.4 is 10.7 Å². The molecular formula is C23H19N3O4. The van der Waals surface area contributed by atoms with E-state index in [2.05, 4.69) is 15.3 Å². The van der Waals surface area contributed by atoms with Gasteiger partial charge in [0.25, 0.3) is 0 Å². The molecule has 1 aromatic carbocycles. The van der Waals surface area contributed by atoms with Gasteiger partial charge >= 0.3 is 5.97 Å². The van der Waals surface area contributed by atoms with Gasteiger partial charge in [-0.25, -0.2) is 4.79 Å². The molecule has 0 aliphatic heterocycles. The Morgan fingerprint density at radius 3 is 2.60 bits per heavy atom. The van der Waals surface area contributed by atoms with E-state index in [1.54, 1.807) is 55.7 Å². The molecule has 3 heterocycles. The fourth-order valence-electron chi connectivity index (χ4n) is 3.36. The van der Waals surface area contributed by atoms with Crippen molar-refractivity contribution in [2.45, 2.75) is 19.9 Å². The smallest absolute Gasteiger partial charge is 0.337 e. The Kier molecular flexibility index (Phi) is 5.02. The van der Waals surface area contributed by atoms with Gasteiger partial charge in [0, 0.05) is 35.4 Å². The molecule has 3 aromatic heterocycles. The van der Waals surface area contributed by atoms with Crippen molar-refractivity contribution in [1.82, 2.24) is 9.97 Å². The molecule has 7 heteroatoms. The minimum atomic E-state index is -1.03. The second-order valence-electron chi connectivity index (χ2n) is 6.95. The van der Waals surface area contributed by atoms with Crippen LogP contribution in [-0.2, 0) is 0 Å². The number of anilines is 1. The average Bonchev–Trinajstić information content (AvgIpc) is 2.74. The van der Waals surface area contributed by atoms with E-state index in [1.807, 2.05) is 6.92 Å². The van der Waals surface area contributed by atoms with Crippen LogP contribution in [0.3, 0.4) is 0 Å². The van der Waals surface area contributed by atoms with Crippen LogP contribution in [0.1, 0.15) is 34.7 Å². The van der Waals surface area contributed by atoms with Gasteiger partial charge < -0.3 is 14.8 Å². The van der Waals surface area contributed by atoms with Gasteiger partial charge in [-0.2, -0.15) is 0 Å². The van der Waals surface area contributed by atoms with E-state index in [0.29, 0.717) is 33.8 Å². The summed E-state index contributed by atoms with van der Waals surface area (Å²) in [5.41, 5.74) is 2.73. The number of aromatic carboxylic acids is 1. The third kappa shape index (κ3) is 3.65. The van der Waals surface area contributed by atoms with E-state index in [1.165, 1.54) is 12.1 Å². The van der Waals surface area contributed by atoms with E-state index in [4.69, 9.17) is 4.42 Å². The molecule has 0 saturated carbocycles. The zero-order valence-corrected chi connectivity index (χ0v) is 16.4. The van der Waals surface area contributed by atoms with E-state index in [0.717, 1.165) is 5.56 Å². The number of rotatable bonds is 5. The van der Waals surface area contributed by atoms with Gasteiger partial charge in [0.15, 0.2) is 11.0 Å². The zero-order chi connectivity index (χ0) is 21.3. The third-order valence-corrected chi connectivity index (χ3v) is 4.77. The maximum absolute atomic E-state index is 12.8. The molecule has 1 unspecified atom stereocenters. The highest BCUT2D eigenvalue weighted by atomic mass is 16.4. The maximum atomic E-state index is 12.8. The van der Waals surface area contributed by atoms with Gasteiger partial charge in [-0.15, -0.1) is 0 Å². The third-order valence-electron chi connectivity index (χ3n) is 4.77. The Balaban J connectivity index is 1.85. The number of hydrogen-bond acceptors (Lipinski definition) is 6. The Hall–Kier alpha value is -4.00. The van der Waals surface area contributed by atoms with E-state index in [9.17, 15) is 14.7 Å². The summed E-state index contributed by atoms with van der Waals surface area (Å²) in [4.78, 5) is 32.9. The maximum Gasteiger partial charge on any atom is 0.337 e. The number of hydrogen-bond donors (Lipinski definition) is 2. The Labute approximate surface area is 172 Å². The number of carboxylic acids is 1. The molecule has 30 heavy (non-hydrogen) atoms. The summed E-state index contributed by atoms with van der Waals surface area (Å²) in [6, 6.07) is 12.9. The number of nitrogens with one attached hydrogen (secondary N) is 1. The lowest BCUT2D eigenvalue weighted by molar-refractivity contribution is 0.0698. The first-order valence-electron chi connectivity index (χ1n) is 9.38. The van der Waals surface area contributed by atoms with E-state index in [-0.39, 0.29) is 11.0 Å². The number of nitrogens with zero attached hydrogens (tertiary/aromatic N) is 2. The minimum absolute atomic E-state index is 0.153. The van der Waals surface area contributed by atoms with Crippen LogP contribution in [0.4, 0.5) is 5.69 Å². The molecule has 0 saturated heterocycles.